The lowest BCUT2D eigenvalue weighted by atomic mass is 10.0. The topological polar surface area (TPSA) is 66.4 Å². The Morgan fingerprint density at radius 1 is 1.19 bits per heavy atom. The summed E-state index contributed by atoms with van der Waals surface area (Å²) in [6, 6.07) is 3.73. The van der Waals surface area contributed by atoms with Gasteiger partial charge < -0.3 is 10.4 Å². The Balaban J connectivity index is 2.77. The van der Waals surface area contributed by atoms with Gasteiger partial charge in [0.05, 0.1) is 0 Å². The summed E-state index contributed by atoms with van der Waals surface area (Å²) in [5.41, 5.74) is -4.29. The number of thioether (sulfide) groups is 1. The van der Waals surface area contributed by atoms with E-state index in [4.69, 9.17) is 5.11 Å². The molecule has 0 heterocycles. The highest BCUT2D eigenvalue weighted by atomic mass is 32.2. The second-order valence-corrected chi connectivity index (χ2v) is 5.74. The molecule has 0 bridgehead atoms. The lowest BCUT2D eigenvalue weighted by Gasteiger charge is -2.17. The van der Waals surface area contributed by atoms with Gasteiger partial charge in [-0.1, -0.05) is 13.8 Å². The van der Waals surface area contributed by atoms with Crippen LogP contribution in [-0.4, -0.2) is 28.5 Å². The standard InChI is InChI=1S/C13H14F3NO3S/c1-7(2)10(12(19)20)17-11(18)8-3-5-9(6-4-8)21-13(14,15)16/h3-7,10H,1-2H3,(H,17,18)(H,19,20)/t10-/m0/s1. The minimum atomic E-state index is -4.39. The Kier molecular flexibility index (Phi) is 5.65. The lowest BCUT2D eigenvalue weighted by Crippen LogP contribution is -2.44. The quantitative estimate of drug-likeness (QED) is 0.818. The number of carboxylic acids is 1. The molecule has 0 aliphatic heterocycles. The van der Waals surface area contributed by atoms with Crippen molar-refractivity contribution >= 4 is 23.6 Å². The second-order valence-electron chi connectivity index (χ2n) is 4.61. The van der Waals surface area contributed by atoms with Crippen molar-refractivity contribution in [2.75, 3.05) is 0 Å². The van der Waals surface area contributed by atoms with E-state index < -0.39 is 23.4 Å². The first kappa shape index (κ1) is 17.4. The van der Waals surface area contributed by atoms with Crippen LogP contribution in [0.25, 0.3) is 0 Å². The molecule has 0 spiro atoms. The summed E-state index contributed by atoms with van der Waals surface area (Å²) >= 11 is -0.281. The highest BCUT2D eigenvalue weighted by molar-refractivity contribution is 8.00. The SMILES string of the molecule is CC(C)[C@H](NC(=O)c1ccc(SC(F)(F)F)cc1)C(=O)O. The van der Waals surface area contributed by atoms with E-state index in [-0.39, 0.29) is 28.1 Å². The average Bonchev–Trinajstić information content (AvgIpc) is 2.33. The molecule has 0 aliphatic carbocycles. The molecule has 0 aliphatic rings. The number of hydrogen-bond acceptors (Lipinski definition) is 3. The van der Waals surface area contributed by atoms with Crippen LogP contribution in [-0.2, 0) is 4.79 Å². The molecule has 1 amide bonds. The molecule has 21 heavy (non-hydrogen) atoms. The number of aliphatic carboxylic acids is 1. The zero-order chi connectivity index (χ0) is 16.2. The molecule has 1 aromatic carbocycles. The van der Waals surface area contributed by atoms with Crippen LogP contribution in [0.15, 0.2) is 29.2 Å². The normalized spacial score (nSPS) is 13.0. The van der Waals surface area contributed by atoms with Gasteiger partial charge in [-0.05, 0) is 41.9 Å². The summed E-state index contributed by atoms with van der Waals surface area (Å²) in [5, 5.41) is 11.3. The van der Waals surface area contributed by atoms with Crippen LogP contribution in [0.4, 0.5) is 13.2 Å². The van der Waals surface area contributed by atoms with Crippen LogP contribution < -0.4 is 5.32 Å². The lowest BCUT2D eigenvalue weighted by molar-refractivity contribution is -0.140. The fourth-order valence-electron chi connectivity index (χ4n) is 1.55. The third kappa shape index (κ3) is 5.66. The first-order valence-corrected chi connectivity index (χ1v) is 6.81. The zero-order valence-corrected chi connectivity index (χ0v) is 12.1. The van der Waals surface area contributed by atoms with Gasteiger partial charge in [-0.2, -0.15) is 13.2 Å². The molecule has 8 heteroatoms. The molecular weight excluding hydrogens is 307 g/mol. The summed E-state index contributed by atoms with van der Waals surface area (Å²) < 4.78 is 36.5. The summed E-state index contributed by atoms with van der Waals surface area (Å²) in [5.74, 6) is -2.12. The summed E-state index contributed by atoms with van der Waals surface area (Å²) in [4.78, 5) is 22.8. The van der Waals surface area contributed by atoms with Crippen LogP contribution in [0.5, 0.6) is 0 Å². The predicted molar refractivity (Wildman–Crippen MR) is 72.1 cm³/mol. The Hall–Kier alpha value is -1.70. The minimum absolute atomic E-state index is 0.0438. The van der Waals surface area contributed by atoms with E-state index in [0.717, 1.165) is 12.1 Å². The highest BCUT2D eigenvalue weighted by Gasteiger charge is 2.29. The number of carbonyl (C=O) groups excluding carboxylic acids is 1. The van der Waals surface area contributed by atoms with Gasteiger partial charge in [0, 0.05) is 10.5 Å². The van der Waals surface area contributed by atoms with E-state index >= 15 is 0 Å². The van der Waals surface area contributed by atoms with Crippen molar-refractivity contribution in [2.24, 2.45) is 5.92 Å². The molecule has 0 unspecified atom stereocenters. The molecule has 1 rings (SSSR count). The molecule has 1 aromatic rings. The maximum absolute atomic E-state index is 12.2. The van der Waals surface area contributed by atoms with E-state index in [2.05, 4.69) is 5.32 Å². The number of nitrogens with one attached hydrogen (secondary N) is 1. The predicted octanol–water partition coefficient (Wildman–Crippen LogP) is 3.14. The molecule has 0 aromatic heterocycles. The number of carbonyl (C=O) groups is 2. The number of rotatable bonds is 5. The first-order valence-electron chi connectivity index (χ1n) is 5.99. The third-order valence-electron chi connectivity index (χ3n) is 2.57. The molecule has 0 saturated carbocycles. The van der Waals surface area contributed by atoms with Crippen molar-refractivity contribution < 1.29 is 27.9 Å². The van der Waals surface area contributed by atoms with Gasteiger partial charge in [0.25, 0.3) is 5.91 Å². The van der Waals surface area contributed by atoms with Crippen LogP contribution in [0, 0.1) is 5.92 Å². The van der Waals surface area contributed by atoms with Crippen molar-refractivity contribution in [3.8, 4) is 0 Å². The van der Waals surface area contributed by atoms with E-state index in [1.807, 2.05) is 0 Å². The molecule has 0 radical (unpaired) electrons. The molecule has 1 atom stereocenters. The van der Waals surface area contributed by atoms with E-state index in [0.29, 0.717) is 0 Å². The fourth-order valence-corrected chi connectivity index (χ4v) is 2.09. The van der Waals surface area contributed by atoms with Crippen molar-refractivity contribution in [1.82, 2.24) is 5.32 Å². The van der Waals surface area contributed by atoms with Gasteiger partial charge in [-0.25, -0.2) is 4.79 Å². The number of benzene rings is 1. The van der Waals surface area contributed by atoms with E-state index in [9.17, 15) is 22.8 Å². The monoisotopic (exact) mass is 321 g/mol. The van der Waals surface area contributed by atoms with Crippen molar-refractivity contribution in [2.45, 2.75) is 30.3 Å². The van der Waals surface area contributed by atoms with Crippen LogP contribution in [0.3, 0.4) is 0 Å². The fraction of sp³-hybridized carbons (Fsp3) is 0.385. The summed E-state index contributed by atoms with van der Waals surface area (Å²) in [7, 11) is 0. The molecule has 116 valence electrons. The average molecular weight is 321 g/mol. The molecular formula is C13H14F3NO3S. The van der Waals surface area contributed by atoms with E-state index in [1.165, 1.54) is 12.1 Å². The largest absolute Gasteiger partial charge is 0.480 e. The second kappa shape index (κ2) is 6.84. The van der Waals surface area contributed by atoms with Crippen LogP contribution >= 0.6 is 11.8 Å². The van der Waals surface area contributed by atoms with Crippen LogP contribution in [0.2, 0.25) is 0 Å². The van der Waals surface area contributed by atoms with Crippen LogP contribution in [0.1, 0.15) is 24.2 Å². The number of halogens is 3. The molecule has 4 nitrogen and oxygen atoms in total. The number of carboxylic acid groups (broad SMARTS) is 1. The van der Waals surface area contributed by atoms with Crippen molar-refractivity contribution in [3.63, 3.8) is 0 Å². The number of alkyl halides is 3. The Morgan fingerprint density at radius 3 is 2.10 bits per heavy atom. The number of hydrogen-bond donors (Lipinski definition) is 2. The van der Waals surface area contributed by atoms with E-state index in [1.54, 1.807) is 13.8 Å². The maximum atomic E-state index is 12.2. The highest BCUT2D eigenvalue weighted by Crippen LogP contribution is 2.36. The smallest absolute Gasteiger partial charge is 0.446 e. The summed E-state index contributed by atoms with van der Waals surface area (Å²) in [6.45, 7) is 3.28. The van der Waals surface area contributed by atoms with Gasteiger partial charge in [0.1, 0.15) is 6.04 Å². The van der Waals surface area contributed by atoms with Gasteiger partial charge in [0.15, 0.2) is 0 Å². The van der Waals surface area contributed by atoms with Gasteiger partial charge in [-0.15, -0.1) is 0 Å². The van der Waals surface area contributed by atoms with Gasteiger partial charge in [-0.3, -0.25) is 4.79 Å². The zero-order valence-electron chi connectivity index (χ0n) is 11.3. The Morgan fingerprint density at radius 2 is 1.71 bits per heavy atom. The summed E-state index contributed by atoms with van der Waals surface area (Å²) in [6.07, 6.45) is 0. The third-order valence-corrected chi connectivity index (χ3v) is 3.31. The number of amides is 1. The minimum Gasteiger partial charge on any atom is -0.480 e. The Bertz CT molecular complexity index is 514. The molecule has 0 saturated heterocycles. The van der Waals surface area contributed by atoms with Gasteiger partial charge in [0.2, 0.25) is 0 Å². The van der Waals surface area contributed by atoms with Crippen molar-refractivity contribution in [1.29, 1.82) is 0 Å². The molecule has 2 N–H and O–H groups in total. The first-order chi connectivity index (χ1) is 9.60. The maximum Gasteiger partial charge on any atom is 0.446 e. The Labute approximate surface area is 123 Å². The van der Waals surface area contributed by atoms with Crippen molar-refractivity contribution in [3.05, 3.63) is 29.8 Å². The van der Waals surface area contributed by atoms with Gasteiger partial charge >= 0.3 is 11.5 Å². The molecule has 0 fully saturated rings.